The lowest BCUT2D eigenvalue weighted by atomic mass is 9.72. The van der Waals surface area contributed by atoms with Crippen molar-refractivity contribution in [3.8, 4) is 0 Å². The average molecular weight is 213 g/mol. The number of carbonyl (C=O) groups is 1. The van der Waals surface area contributed by atoms with E-state index in [1.165, 1.54) is 32.1 Å². The molecule has 0 amide bonds. The largest absolute Gasteiger partial charge is 0.481 e. The lowest BCUT2D eigenvalue weighted by molar-refractivity contribution is -0.141. The summed E-state index contributed by atoms with van der Waals surface area (Å²) in [6.07, 6.45) is 8.21. The summed E-state index contributed by atoms with van der Waals surface area (Å²) in [7, 11) is 0. The summed E-state index contributed by atoms with van der Waals surface area (Å²) in [6, 6.07) is 0. The third kappa shape index (κ3) is 3.82. The predicted molar refractivity (Wildman–Crippen MR) is 60.6 cm³/mol. The van der Waals surface area contributed by atoms with Crippen LogP contribution in [-0.2, 0) is 4.79 Å². The van der Waals surface area contributed by atoms with Gasteiger partial charge in [-0.05, 0) is 31.1 Å². The van der Waals surface area contributed by atoms with E-state index in [1.54, 1.807) is 0 Å². The molecule has 1 aliphatic rings. The monoisotopic (exact) mass is 213 g/mol. The van der Waals surface area contributed by atoms with Crippen LogP contribution >= 0.6 is 0 Å². The van der Waals surface area contributed by atoms with Gasteiger partial charge in [-0.3, -0.25) is 4.79 Å². The molecule has 0 aliphatic heterocycles. The summed E-state index contributed by atoms with van der Waals surface area (Å²) >= 11 is 0. The number of hydrogen-bond donors (Lipinski definition) is 2. The normalized spacial score (nSPS) is 22.3. The number of carboxylic acids is 1. The zero-order valence-corrected chi connectivity index (χ0v) is 9.67. The Morgan fingerprint density at radius 2 is 2.00 bits per heavy atom. The second-order valence-corrected chi connectivity index (χ2v) is 5.18. The molecule has 3 N–H and O–H groups in total. The fourth-order valence-corrected chi connectivity index (χ4v) is 2.52. The van der Waals surface area contributed by atoms with Crippen LogP contribution in [0.4, 0.5) is 0 Å². The van der Waals surface area contributed by atoms with Crippen molar-refractivity contribution in [2.45, 2.75) is 51.9 Å². The zero-order chi connectivity index (χ0) is 11.3. The van der Waals surface area contributed by atoms with E-state index in [1.807, 2.05) is 0 Å². The van der Waals surface area contributed by atoms with Gasteiger partial charge in [0.25, 0.3) is 0 Å². The quantitative estimate of drug-likeness (QED) is 0.737. The molecule has 15 heavy (non-hydrogen) atoms. The maximum atomic E-state index is 10.8. The minimum Gasteiger partial charge on any atom is -0.481 e. The van der Waals surface area contributed by atoms with Gasteiger partial charge in [-0.25, -0.2) is 0 Å². The Labute approximate surface area is 92.0 Å². The third-order valence-corrected chi connectivity index (χ3v) is 3.79. The molecule has 0 radical (unpaired) electrons. The topological polar surface area (TPSA) is 63.3 Å². The lowest BCUT2D eigenvalue weighted by Crippen LogP contribution is -2.27. The van der Waals surface area contributed by atoms with Crippen LogP contribution in [0.1, 0.15) is 51.9 Å². The molecule has 1 aliphatic carbocycles. The highest BCUT2D eigenvalue weighted by Crippen LogP contribution is 2.40. The predicted octanol–water partition coefficient (Wildman–Crippen LogP) is 2.40. The Balaban J connectivity index is 2.36. The van der Waals surface area contributed by atoms with Gasteiger partial charge in [-0.2, -0.15) is 0 Å². The van der Waals surface area contributed by atoms with Crippen LogP contribution in [0.25, 0.3) is 0 Å². The van der Waals surface area contributed by atoms with Crippen molar-refractivity contribution < 1.29 is 9.90 Å². The van der Waals surface area contributed by atoms with Crippen LogP contribution in [0.5, 0.6) is 0 Å². The molecule has 88 valence electrons. The first kappa shape index (κ1) is 12.5. The molecule has 1 fully saturated rings. The summed E-state index contributed by atoms with van der Waals surface area (Å²) in [6.45, 7) is 2.56. The minimum atomic E-state index is -0.739. The van der Waals surface area contributed by atoms with Gasteiger partial charge in [0, 0.05) is 6.54 Å². The van der Waals surface area contributed by atoms with E-state index >= 15 is 0 Å². The van der Waals surface area contributed by atoms with Crippen LogP contribution in [0.2, 0.25) is 0 Å². The van der Waals surface area contributed by atoms with Crippen molar-refractivity contribution in [2.24, 2.45) is 17.1 Å². The molecule has 3 nitrogen and oxygen atoms in total. The van der Waals surface area contributed by atoms with E-state index in [-0.39, 0.29) is 12.5 Å². The summed E-state index contributed by atoms with van der Waals surface area (Å²) in [4.78, 5) is 10.8. The highest BCUT2D eigenvalue weighted by Gasteiger charge is 2.28. The van der Waals surface area contributed by atoms with E-state index in [2.05, 4.69) is 6.92 Å². The lowest BCUT2D eigenvalue weighted by Gasteiger charge is -2.34. The van der Waals surface area contributed by atoms with E-state index in [9.17, 15) is 4.79 Å². The van der Waals surface area contributed by atoms with Gasteiger partial charge >= 0.3 is 5.97 Å². The van der Waals surface area contributed by atoms with Gasteiger partial charge in [0.05, 0.1) is 5.92 Å². The van der Waals surface area contributed by atoms with E-state index in [0.717, 1.165) is 12.8 Å². The molecule has 0 aromatic carbocycles. The van der Waals surface area contributed by atoms with Crippen LogP contribution < -0.4 is 5.73 Å². The number of rotatable bonds is 5. The fourth-order valence-electron chi connectivity index (χ4n) is 2.52. The fraction of sp³-hybridized carbons (Fsp3) is 0.917. The van der Waals surface area contributed by atoms with Crippen molar-refractivity contribution in [3.05, 3.63) is 0 Å². The molecule has 0 aromatic heterocycles. The zero-order valence-electron chi connectivity index (χ0n) is 9.67. The van der Waals surface area contributed by atoms with Gasteiger partial charge in [0.15, 0.2) is 0 Å². The molecule has 0 bridgehead atoms. The Bertz CT molecular complexity index is 210. The maximum absolute atomic E-state index is 10.8. The summed E-state index contributed by atoms with van der Waals surface area (Å²) in [5.74, 6) is -1.08. The molecule has 0 spiro atoms. The molecule has 1 rings (SSSR count). The number of carboxylic acid groups (broad SMARTS) is 1. The summed E-state index contributed by atoms with van der Waals surface area (Å²) in [5.41, 5.74) is 5.83. The highest BCUT2D eigenvalue weighted by atomic mass is 16.4. The molecule has 1 atom stereocenters. The first-order chi connectivity index (χ1) is 7.07. The Kier molecular flexibility index (Phi) is 4.58. The van der Waals surface area contributed by atoms with Crippen molar-refractivity contribution in [2.75, 3.05) is 6.54 Å². The van der Waals surface area contributed by atoms with Crippen molar-refractivity contribution in [1.29, 1.82) is 0 Å². The maximum Gasteiger partial charge on any atom is 0.307 e. The Hall–Kier alpha value is -0.570. The molecule has 0 saturated heterocycles. The van der Waals surface area contributed by atoms with Crippen molar-refractivity contribution in [3.63, 3.8) is 0 Å². The molecular weight excluding hydrogens is 190 g/mol. The third-order valence-electron chi connectivity index (χ3n) is 3.79. The summed E-state index contributed by atoms with van der Waals surface area (Å²) < 4.78 is 0. The molecular formula is C12H23NO2. The van der Waals surface area contributed by atoms with E-state index < -0.39 is 5.97 Å². The van der Waals surface area contributed by atoms with Crippen LogP contribution in [0.3, 0.4) is 0 Å². The second-order valence-electron chi connectivity index (χ2n) is 5.18. The van der Waals surface area contributed by atoms with E-state index in [0.29, 0.717) is 5.41 Å². The molecule has 0 aromatic rings. The smallest absolute Gasteiger partial charge is 0.307 e. The SMILES string of the molecule is CC1(CCC(CN)C(=O)O)CCCCC1. The van der Waals surface area contributed by atoms with Crippen LogP contribution in [0, 0.1) is 11.3 Å². The van der Waals surface area contributed by atoms with E-state index in [4.69, 9.17) is 10.8 Å². The summed E-state index contributed by atoms with van der Waals surface area (Å²) in [5, 5.41) is 8.91. The number of hydrogen-bond acceptors (Lipinski definition) is 2. The van der Waals surface area contributed by atoms with Gasteiger partial charge in [0.1, 0.15) is 0 Å². The molecule has 3 heteroatoms. The first-order valence-electron chi connectivity index (χ1n) is 6.00. The van der Waals surface area contributed by atoms with Gasteiger partial charge in [-0.1, -0.05) is 26.2 Å². The molecule has 0 heterocycles. The Morgan fingerprint density at radius 3 is 2.47 bits per heavy atom. The molecule has 1 unspecified atom stereocenters. The van der Waals surface area contributed by atoms with Gasteiger partial charge in [0.2, 0.25) is 0 Å². The van der Waals surface area contributed by atoms with Gasteiger partial charge in [-0.15, -0.1) is 0 Å². The van der Waals surface area contributed by atoms with Crippen molar-refractivity contribution >= 4 is 5.97 Å². The minimum absolute atomic E-state index is 0.269. The Morgan fingerprint density at radius 1 is 1.40 bits per heavy atom. The average Bonchev–Trinajstić information content (AvgIpc) is 2.19. The number of nitrogens with two attached hydrogens (primary N) is 1. The van der Waals surface area contributed by atoms with Crippen LogP contribution in [0.15, 0.2) is 0 Å². The standard InChI is InChI=1S/C12H23NO2/c1-12(6-3-2-4-7-12)8-5-10(9-13)11(14)15/h10H,2-9,13H2,1H3,(H,14,15). The second kappa shape index (κ2) is 5.50. The van der Waals surface area contributed by atoms with Crippen LogP contribution in [-0.4, -0.2) is 17.6 Å². The molecule has 1 saturated carbocycles. The number of aliphatic carboxylic acids is 1. The highest BCUT2D eigenvalue weighted by molar-refractivity contribution is 5.70. The van der Waals surface area contributed by atoms with Crippen molar-refractivity contribution in [1.82, 2.24) is 0 Å². The van der Waals surface area contributed by atoms with Gasteiger partial charge < -0.3 is 10.8 Å². The first-order valence-corrected chi connectivity index (χ1v) is 6.00.